The fourth-order valence-electron chi connectivity index (χ4n) is 3.40. The van der Waals surface area contributed by atoms with Crippen molar-refractivity contribution < 1.29 is 4.42 Å². The van der Waals surface area contributed by atoms with Crippen LogP contribution in [0.5, 0.6) is 0 Å². The van der Waals surface area contributed by atoms with Crippen molar-refractivity contribution in [2.75, 3.05) is 0 Å². The van der Waals surface area contributed by atoms with E-state index in [1.54, 1.807) is 12.5 Å². The molecule has 0 radical (unpaired) electrons. The van der Waals surface area contributed by atoms with Crippen LogP contribution in [0.15, 0.2) is 83.6 Å². The van der Waals surface area contributed by atoms with Gasteiger partial charge in [-0.05, 0) is 38.4 Å². The summed E-state index contributed by atoms with van der Waals surface area (Å²) in [6.07, 6.45) is 3.30. The predicted molar refractivity (Wildman–Crippen MR) is 94.5 cm³/mol. The molecular formula is C21H13NO. The molecule has 0 amide bonds. The molecule has 1 aromatic heterocycles. The number of hydrogen-bond donors (Lipinski definition) is 0. The summed E-state index contributed by atoms with van der Waals surface area (Å²) in [7, 11) is 0. The molecule has 2 heteroatoms. The second-order valence-corrected chi connectivity index (χ2v) is 5.69. The molecule has 2 nitrogen and oxygen atoms in total. The molecule has 0 saturated carbocycles. The van der Waals surface area contributed by atoms with Crippen molar-refractivity contribution in [2.45, 2.75) is 0 Å². The maximum atomic E-state index is 5.50. The average molecular weight is 295 g/mol. The van der Waals surface area contributed by atoms with Crippen LogP contribution in [0.1, 0.15) is 0 Å². The minimum Gasteiger partial charge on any atom is -0.445 e. The highest BCUT2D eigenvalue weighted by Crippen LogP contribution is 2.35. The third-order valence-corrected chi connectivity index (χ3v) is 4.45. The van der Waals surface area contributed by atoms with Gasteiger partial charge in [-0.15, -0.1) is 0 Å². The molecule has 108 valence electrons. The second-order valence-electron chi connectivity index (χ2n) is 5.69. The quantitative estimate of drug-likeness (QED) is 0.365. The number of oxazole rings is 1. The van der Waals surface area contributed by atoms with Gasteiger partial charge in [0.1, 0.15) is 6.26 Å². The Balaban J connectivity index is 1.94. The SMILES string of the molecule is c1ccc2c(c1)ccc1c3cccc(-c4ncco4)c3ccc21. The van der Waals surface area contributed by atoms with Gasteiger partial charge < -0.3 is 4.42 Å². The number of nitrogens with zero attached hydrogens (tertiary/aromatic N) is 1. The van der Waals surface area contributed by atoms with Crippen LogP contribution in [0.2, 0.25) is 0 Å². The van der Waals surface area contributed by atoms with Crippen molar-refractivity contribution in [3.05, 3.63) is 79.2 Å². The summed E-state index contributed by atoms with van der Waals surface area (Å²) in [5, 5.41) is 7.48. The molecule has 0 fully saturated rings. The minimum atomic E-state index is 0.663. The van der Waals surface area contributed by atoms with Crippen LogP contribution in [0, 0.1) is 0 Å². The lowest BCUT2D eigenvalue weighted by molar-refractivity contribution is 0.575. The number of benzene rings is 4. The van der Waals surface area contributed by atoms with Gasteiger partial charge >= 0.3 is 0 Å². The summed E-state index contributed by atoms with van der Waals surface area (Å²) in [5.74, 6) is 0.663. The Morgan fingerprint density at radius 3 is 2.26 bits per heavy atom. The van der Waals surface area contributed by atoms with E-state index in [0.29, 0.717) is 5.89 Å². The Morgan fingerprint density at radius 1 is 0.609 bits per heavy atom. The smallest absolute Gasteiger partial charge is 0.226 e. The lowest BCUT2D eigenvalue weighted by atomic mass is 9.95. The van der Waals surface area contributed by atoms with Gasteiger partial charge in [0, 0.05) is 5.56 Å². The zero-order valence-corrected chi connectivity index (χ0v) is 12.4. The number of hydrogen-bond acceptors (Lipinski definition) is 2. The highest BCUT2D eigenvalue weighted by Gasteiger charge is 2.10. The van der Waals surface area contributed by atoms with Gasteiger partial charge in [0.2, 0.25) is 5.89 Å². The monoisotopic (exact) mass is 295 g/mol. The molecule has 0 N–H and O–H groups in total. The topological polar surface area (TPSA) is 26.0 Å². The van der Waals surface area contributed by atoms with Gasteiger partial charge in [-0.25, -0.2) is 4.98 Å². The third kappa shape index (κ3) is 1.78. The number of fused-ring (bicyclic) bond motifs is 5. The predicted octanol–water partition coefficient (Wildman–Crippen LogP) is 5.80. The van der Waals surface area contributed by atoms with Crippen molar-refractivity contribution in [3.8, 4) is 11.5 Å². The summed E-state index contributed by atoms with van der Waals surface area (Å²) in [5.41, 5.74) is 1.03. The average Bonchev–Trinajstić information content (AvgIpc) is 3.15. The summed E-state index contributed by atoms with van der Waals surface area (Å²) in [6, 6.07) is 23.6. The molecule has 5 rings (SSSR count). The van der Waals surface area contributed by atoms with E-state index in [1.807, 2.05) is 0 Å². The van der Waals surface area contributed by atoms with Gasteiger partial charge in [-0.2, -0.15) is 0 Å². The highest BCUT2D eigenvalue weighted by molar-refractivity contribution is 6.19. The normalized spacial score (nSPS) is 11.5. The lowest BCUT2D eigenvalue weighted by Crippen LogP contribution is -1.84. The largest absolute Gasteiger partial charge is 0.445 e. The van der Waals surface area contributed by atoms with E-state index >= 15 is 0 Å². The van der Waals surface area contributed by atoms with E-state index in [4.69, 9.17) is 4.42 Å². The van der Waals surface area contributed by atoms with Gasteiger partial charge in [0.05, 0.1) is 6.20 Å². The maximum Gasteiger partial charge on any atom is 0.226 e. The Labute approximate surface area is 133 Å². The van der Waals surface area contributed by atoms with Gasteiger partial charge in [0.25, 0.3) is 0 Å². The van der Waals surface area contributed by atoms with Crippen LogP contribution in [0.3, 0.4) is 0 Å². The van der Waals surface area contributed by atoms with Crippen LogP contribution in [0.25, 0.3) is 43.8 Å². The maximum absolute atomic E-state index is 5.50. The van der Waals surface area contributed by atoms with E-state index in [-0.39, 0.29) is 0 Å². The van der Waals surface area contributed by atoms with Gasteiger partial charge in [0.15, 0.2) is 0 Å². The van der Waals surface area contributed by atoms with Crippen LogP contribution >= 0.6 is 0 Å². The fourth-order valence-corrected chi connectivity index (χ4v) is 3.40. The van der Waals surface area contributed by atoms with Crippen molar-refractivity contribution in [1.82, 2.24) is 4.98 Å². The Bertz CT molecular complexity index is 1160. The number of rotatable bonds is 1. The molecule has 23 heavy (non-hydrogen) atoms. The first kappa shape index (κ1) is 12.4. The highest BCUT2D eigenvalue weighted by atomic mass is 16.3. The van der Waals surface area contributed by atoms with Crippen molar-refractivity contribution in [1.29, 1.82) is 0 Å². The van der Waals surface area contributed by atoms with Crippen molar-refractivity contribution in [2.24, 2.45) is 0 Å². The van der Waals surface area contributed by atoms with E-state index in [9.17, 15) is 0 Å². The standard InChI is InChI=1S/C21H13NO/c1-2-5-15-14(4-1)8-9-18-16-6-3-7-20(21-22-12-13-23-21)19(16)11-10-17(15)18/h1-13H. The molecule has 5 aromatic rings. The number of aromatic nitrogens is 1. The summed E-state index contributed by atoms with van der Waals surface area (Å²) in [4.78, 5) is 4.30. The van der Waals surface area contributed by atoms with E-state index < -0.39 is 0 Å². The second kappa shape index (κ2) is 4.68. The first-order chi connectivity index (χ1) is 11.4. The first-order valence-corrected chi connectivity index (χ1v) is 7.65. The molecular weight excluding hydrogens is 282 g/mol. The Hall–Kier alpha value is -3.13. The third-order valence-electron chi connectivity index (χ3n) is 4.45. The molecule has 0 aliphatic rings. The minimum absolute atomic E-state index is 0.663. The Kier molecular flexibility index (Phi) is 2.53. The van der Waals surface area contributed by atoms with Gasteiger partial charge in [-0.1, -0.05) is 60.7 Å². The van der Waals surface area contributed by atoms with Crippen LogP contribution in [0.4, 0.5) is 0 Å². The fraction of sp³-hybridized carbons (Fsp3) is 0. The zero-order chi connectivity index (χ0) is 15.2. The molecule has 0 bridgehead atoms. The van der Waals surface area contributed by atoms with E-state index in [1.165, 1.54) is 26.9 Å². The summed E-state index contributed by atoms with van der Waals surface area (Å²) in [6.45, 7) is 0. The van der Waals surface area contributed by atoms with Crippen LogP contribution in [-0.4, -0.2) is 4.98 Å². The van der Waals surface area contributed by atoms with Crippen molar-refractivity contribution >= 4 is 32.3 Å². The summed E-state index contributed by atoms with van der Waals surface area (Å²) >= 11 is 0. The molecule has 0 saturated heterocycles. The molecule has 0 unspecified atom stereocenters. The van der Waals surface area contributed by atoms with E-state index in [0.717, 1.165) is 10.9 Å². The molecule has 1 heterocycles. The zero-order valence-electron chi connectivity index (χ0n) is 12.4. The Morgan fingerprint density at radius 2 is 1.35 bits per heavy atom. The molecule has 0 aliphatic carbocycles. The molecule has 0 aliphatic heterocycles. The van der Waals surface area contributed by atoms with Crippen LogP contribution in [-0.2, 0) is 0 Å². The molecule has 4 aromatic carbocycles. The summed E-state index contributed by atoms with van der Waals surface area (Å²) < 4.78 is 5.50. The van der Waals surface area contributed by atoms with Crippen LogP contribution < -0.4 is 0 Å². The van der Waals surface area contributed by atoms with E-state index in [2.05, 4.69) is 71.7 Å². The van der Waals surface area contributed by atoms with Crippen molar-refractivity contribution in [3.63, 3.8) is 0 Å². The molecule has 0 spiro atoms. The first-order valence-electron chi connectivity index (χ1n) is 7.65. The molecule has 0 atom stereocenters. The lowest BCUT2D eigenvalue weighted by Gasteiger charge is -2.09. The van der Waals surface area contributed by atoms with Gasteiger partial charge in [-0.3, -0.25) is 0 Å².